The molecule has 2 aromatic heterocycles. The molecule has 2 radical (unpaired) electrons. The Kier molecular flexibility index (Phi) is 15.8. The third-order valence-electron chi connectivity index (χ3n) is 13.7. The molecule has 0 aliphatic carbocycles. The van der Waals surface area contributed by atoms with Crippen LogP contribution in [0.3, 0.4) is 0 Å². The van der Waals surface area contributed by atoms with Crippen LogP contribution >= 0.6 is 0 Å². The van der Waals surface area contributed by atoms with E-state index in [4.69, 9.17) is 9.98 Å². The van der Waals surface area contributed by atoms with Gasteiger partial charge in [-0.15, -0.1) is 0 Å². The number of benzene rings is 4. The SMILES string of the molecule is CCCCc1ccc(C#CC2=C3C=CC(=N3)C(C#Cc3ccc(CCCC)cc3)=c3ccc4[n]3[Pb][n]3c2ccc3C(C#Cc2ccc(CCCC)cc2)=C2C=CC(=N2)C=4C#Cc2ccc(CCCC)cc2)cc1. The van der Waals surface area contributed by atoms with Crippen molar-refractivity contribution in [3.8, 4) is 47.4 Å². The molecule has 0 unspecified atom stereocenters. The summed E-state index contributed by atoms with van der Waals surface area (Å²) in [5.41, 5.74) is 18.1. The van der Waals surface area contributed by atoms with E-state index in [2.05, 4.69) is 225 Å². The fourth-order valence-electron chi connectivity index (χ4n) is 9.37. The zero-order valence-corrected chi connectivity index (χ0v) is 46.5. The molecular formula is C68H60N4Pb. The van der Waals surface area contributed by atoms with Gasteiger partial charge in [0.1, 0.15) is 0 Å². The fraction of sp³-hybridized carbons (Fsp3) is 0.235. The van der Waals surface area contributed by atoms with Crippen molar-refractivity contribution >= 4 is 58.5 Å². The molecule has 356 valence electrons. The van der Waals surface area contributed by atoms with Crippen molar-refractivity contribution in [2.75, 3.05) is 0 Å². The van der Waals surface area contributed by atoms with Gasteiger partial charge in [0.25, 0.3) is 0 Å². The van der Waals surface area contributed by atoms with Gasteiger partial charge >= 0.3 is 421 Å². The topological polar surface area (TPSA) is 34.6 Å². The van der Waals surface area contributed by atoms with Crippen molar-refractivity contribution < 1.29 is 0 Å². The second kappa shape index (κ2) is 23.5. The summed E-state index contributed by atoms with van der Waals surface area (Å²) >= 11 is -2.29. The molecule has 5 heteroatoms. The van der Waals surface area contributed by atoms with E-state index in [0.717, 1.165) is 115 Å². The van der Waals surface area contributed by atoms with Gasteiger partial charge in [-0.25, -0.2) is 0 Å². The molecule has 0 atom stereocenters. The van der Waals surface area contributed by atoms with E-state index in [1.165, 1.54) is 73.6 Å². The van der Waals surface area contributed by atoms with Crippen molar-refractivity contribution in [2.24, 2.45) is 9.98 Å². The predicted molar refractivity (Wildman–Crippen MR) is 306 cm³/mol. The molecule has 4 aliphatic rings. The molecule has 4 aliphatic heterocycles. The number of allylic oxidation sites excluding steroid dienone is 6. The molecule has 0 fully saturated rings. The maximum absolute atomic E-state index is 5.45. The average molecular weight is 1140 g/mol. The Morgan fingerprint density at radius 3 is 0.973 bits per heavy atom. The summed E-state index contributed by atoms with van der Waals surface area (Å²) < 4.78 is 5.09. The Morgan fingerprint density at radius 2 is 0.658 bits per heavy atom. The molecule has 6 heterocycles. The number of aliphatic imine (C=N–C) groups is 2. The van der Waals surface area contributed by atoms with Crippen LogP contribution in [-0.4, -0.2) is 41.0 Å². The molecule has 0 saturated carbocycles. The molecular weight excluding hydrogens is 1080 g/mol. The Bertz CT molecular complexity index is 3420. The van der Waals surface area contributed by atoms with Gasteiger partial charge in [0.05, 0.1) is 0 Å². The van der Waals surface area contributed by atoms with Gasteiger partial charge in [0, 0.05) is 0 Å². The number of aromatic nitrogens is 2. The van der Waals surface area contributed by atoms with Gasteiger partial charge in [-0.1, -0.05) is 27.7 Å². The summed E-state index contributed by atoms with van der Waals surface area (Å²) in [6.07, 6.45) is 22.1. The zero-order chi connectivity index (χ0) is 49.9. The quantitative estimate of drug-likeness (QED) is 0.0865. The third kappa shape index (κ3) is 11.5. The van der Waals surface area contributed by atoms with Gasteiger partial charge < -0.3 is 0 Å². The van der Waals surface area contributed by atoms with Gasteiger partial charge in [-0.3, -0.25) is 0 Å². The van der Waals surface area contributed by atoms with E-state index in [0.29, 0.717) is 0 Å². The molecule has 0 N–H and O–H groups in total. The van der Waals surface area contributed by atoms with Crippen LogP contribution in [0.4, 0.5) is 0 Å². The first-order valence-corrected chi connectivity index (χ1v) is 29.9. The summed E-state index contributed by atoms with van der Waals surface area (Å²) in [4.78, 5) is 10.9. The van der Waals surface area contributed by atoms with E-state index >= 15 is 0 Å². The van der Waals surface area contributed by atoms with Crippen molar-refractivity contribution in [3.05, 3.63) is 224 Å². The number of unbranched alkanes of at least 4 members (excludes halogenated alkanes) is 4. The summed E-state index contributed by atoms with van der Waals surface area (Å²) in [6.45, 7) is 8.96. The van der Waals surface area contributed by atoms with Crippen LogP contribution in [0.25, 0.3) is 22.3 Å². The number of hydrogen-bond donors (Lipinski definition) is 0. The van der Waals surface area contributed by atoms with E-state index in [1.54, 1.807) is 0 Å². The van der Waals surface area contributed by atoms with Gasteiger partial charge in [0.15, 0.2) is 0 Å². The Balaban J connectivity index is 1.21. The number of rotatable bonds is 12. The van der Waals surface area contributed by atoms with E-state index in [1.807, 2.05) is 0 Å². The van der Waals surface area contributed by atoms with Crippen LogP contribution < -0.4 is 10.7 Å². The van der Waals surface area contributed by atoms with E-state index < -0.39 is 24.8 Å². The standard InChI is InChI=1S/C68H60N4.Pb/c1-5-9-13-49-17-25-53(26-18-49)33-37-57-61-41-43-63(69-61)58(38-34-54-27-19-50(20-28-54)14-10-6-2)65-45-47-67(71-65)60(40-36-56-31-23-52(24-32-56)16-12-8-4)68-48-46-66(72-68)59(64-44-42-62(57)70-64)39-35-55-29-21-51(22-30-55)15-11-7-3;/h17-32,41-48H,5-16H2,1-4H3;/q-2;+2. The second-order valence-corrected chi connectivity index (χ2v) is 23.4. The number of fused-ring (bicyclic) bond motifs is 2. The molecule has 4 nitrogen and oxygen atoms in total. The molecule has 6 bridgehead atoms. The summed E-state index contributed by atoms with van der Waals surface area (Å²) in [6, 6.07) is 43.9. The van der Waals surface area contributed by atoms with Crippen molar-refractivity contribution in [3.63, 3.8) is 0 Å². The number of hydrogen-bond acceptors (Lipinski definition) is 2. The van der Waals surface area contributed by atoms with Crippen LogP contribution in [0.2, 0.25) is 0 Å². The van der Waals surface area contributed by atoms with Crippen molar-refractivity contribution in [1.29, 1.82) is 0 Å². The first kappa shape index (κ1) is 49.2. The average Bonchev–Trinajstić information content (AvgIpc) is 4.27. The predicted octanol–water partition coefficient (Wildman–Crippen LogP) is 12.6. The van der Waals surface area contributed by atoms with Crippen molar-refractivity contribution in [2.45, 2.75) is 105 Å². The normalized spacial score (nSPS) is 13.8. The maximum atomic E-state index is 5.45. The molecule has 0 amide bonds. The zero-order valence-electron chi connectivity index (χ0n) is 42.6. The Labute approximate surface area is 446 Å². The first-order chi connectivity index (χ1) is 36.0. The number of aryl methyl sites for hydroxylation is 4. The molecule has 0 spiro atoms. The molecule has 73 heavy (non-hydrogen) atoms. The minimum absolute atomic E-state index is 0.826. The van der Waals surface area contributed by atoms with Gasteiger partial charge in [-0.2, -0.15) is 0 Å². The van der Waals surface area contributed by atoms with Crippen molar-refractivity contribution in [1.82, 2.24) is 4.75 Å². The van der Waals surface area contributed by atoms with Gasteiger partial charge in [0.2, 0.25) is 0 Å². The number of nitrogens with zero attached hydrogens (tertiary/aromatic N) is 4. The van der Waals surface area contributed by atoms with Crippen LogP contribution in [0.5, 0.6) is 0 Å². The van der Waals surface area contributed by atoms with E-state index in [-0.39, 0.29) is 0 Å². The van der Waals surface area contributed by atoms with Crippen LogP contribution in [0.15, 0.2) is 167 Å². The van der Waals surface area contributed by atoms with Crippen LogP contribution in [0.1, 0.15) is 135 Å². The molecule has 4 aromatic carbocycles. The minimum atomic E-state index is -2.29. The second-order valence-electron chi connectivity index (χ2n) is 19.1. The first-order valence-electron chi connectivity index (χ1n) is 26.4. The fourth-order valence-corrected chi connectivity index (χ4v) is 14.7. The van der Waals surface area contributed by atoms with Gasteiger partial charge in [-0.05, 0) is 0 Å². The summed E-state index contributed by atoms with van der Waals surface area (Å²) in [5.74, 6) is 29.1. The third-order valence-corrected chi connectivity index (χ3v) is 19.0. The molecule has 10 rings (SSSR count). The summed E-state index contributed by atoms with van der Waals surface area (Å²) in [5, 5.41) is 2.06. The molecule has 0 saturated heterocycles. The van der Waals surface area contributed by atoms with E-state index in [9.17, 15) is 0 Å². The molecule has 6 aromatic rings. The van der Waals surface area contributed by atoms with Crippen LogP contribution in [0, 0.1) is 47.4 Å². The summed E-state index contributed by atoms with van der Waals surface area (Å²) in [7, 11) is 0. The van der Waals surface area contributed by atoms with Crippen LogP contribution in [-0.2, 0) is 25.7 Å². The Hall–Kier alpha value is -7.36. The Morgan fingerprint density at radius 1 is 0.342 bits per heavy atom. The monoisotopic (exact) mass is 1140 g/mol.